The standard InChI is InChI=1S/C43H59Si.3ClH.Ti/c1-26(2)34-17-35(27(3)4)21-40(20-34)44(43-16-32(13)15-33(43)14,41-22-36(28(5)6)18-37(23-41)29(7)8)42-24-38(30(9)10)19-39(25-42)31(11)12;;;;/h15-31H,1-14H3;3*1H;/q;;;;+3/p-3. The summed E-state index contributed by atoms with van der Waals surface area (Å²) in [5, 5.41) is 4.68. The molecular weight excluding hydrogens is 699 g/mol. The zero-order valence-corrected chi connectivity index (χ0v) is 36.8. The Bertz CT molecular complexity index is 1380. The molecule has 0 aromatic heterocycles. The van der Waals surface area contributed by atoms with Gasteiger partial charge < -0.3 is 37.2 Å². The van der Waals surface area contributed by atoms with Gasteiger partial charge in [-0.1, -0.05) is 0 Å². The van der Waals surface area contributed by atoms with Crippen LogP contribution in [0.25, 0.3) is 0 Å². The zero-order chi connectivity index (χ0) is 33.6. The summed E-state index contributed by atoms with van der Waals surface area (Å²) in [4.78, 5) is 0. The molecule has 0 radical (unpaired) electrons. The first-order valence-electron chi connectivity index (χ1n) is 17.5. The topological polar surface area (TPSA) is 0 Å². The van der Waals surface area contributed by atoms with Gasteiger partial charge in [-0.3, -0.25) is 0 Å². The fraction of sp³-hybridized carbons (Fsp3) is 0.488. The smallest absolute Gasteiger partial charge is 1.00 e. The molecule has 5 heteroatoms. The zero-order valence-electron chi connectivity index (χ0n) is 31.9. The fourth-order valence-corrected chi connectivity index (χ4v) is 15.5. The SMILES string of the molecule is CC1=C[C]([Ti+3])([Si](c2cc(C(C)C)cc(C(C)C)c2)(c2cc(C(C)C)cc(C(C)C)c2)c2cc(C(C)C)cc(C(C)C)c2)C(C)=C1.[Cl-].[Cl-].[Cl-]. The van der Waals surface area contributed by atoms with Crippen molar-refractivity contribution >= 4 is 23.6 Å². The van der Waals surface area contributed by atoms with E-state index in [9.17, 15) is 0 Å². The van der Waals surface area contributed by atoms with E-state index in [1.165, 1.54) is 44.5 Å². The third kappa shape index (κ3) is 8.52. The Labute approximate surface area is 326 Å². The molecule has 0 heterocycles. The molecule has 260 valence electrons. The Morgan fingerprint density at radius 1 is 0.438 bits per heavy atom. The van der Waals surface area contributed by atoms with Crippen LogP contribution in [0.1, 0.15) is 166 Å². The van der Waals surface area contributed by atoms with Crippen molar-refractivity contribution < 1.29 is 57.7 Å². The summed E-state index contributed by atoms with van der Waals surface area (Å²) in [5.74, 6) is 2.75. The van der Waals surface area contributed by atoms with Crippen LogP contribution in [0, 0.1) is 0 Å². The van der Waals surface area contributed by atoms with Crippen LogP contribution in [0.5, 0.6) is 0 Å². The van der Waals surface area contributed by atoms with Gasteiger partial charge in [0.05, 0.1) is 0 Å². The van der Waals surface area contributed by atoms with Crippen LogP contribution >= 0.6 is 0 Å². The first-order chi connectivity index (χ1) is 20.9. The van der Waals surface area contributed by atoms with Gasteiger partial charge in [0, 0.05) is 0 Å². The van der Waals surface area contributed by atoms with Gasteiger partial charge in [-0.25, -0.2) is 0 Å². The monoisotopic (exact) mass is 756 g/mol. The molecular formula is C43H59Cl3SiTi. The van der Waals surface area contributed by atoms with Crippen LogP contribution in [0.3, 0.4) is 0 Å². The van der Waals surface area contributed by atoms with Crippen molar-refractivity contribution in [1.82, 2.24) is 0 Å². The summed E-state index contributed by atoms with van der Waals surface area (Å²) in [6, 6.07) is 23.3. The van der Waals surface area contributed by atoms with E-state index >= 15 is 0 Å². The van der Waals surface area contributed by atoms with Crippen molar-refractivity contribution in [3.8, 4) is 0 Å². The van der Waals surface area contributed by atoms with Crippen LogP contribution in [0.15, 0.2) is 77.9 Å². The minimum atomic E-state index is -2.83. The molecule has 0 N–H and O–H groups in total. The average molecular weight is 758 g/mol. The Morgan fingerprint density at radius 3 is 0.833 bits per heavy atom. The van der Waals surface area contributed by atoms with E-state index in [-0.39, 0.29) is 40.6 Å². The van der Waals surface area contributed by atoms with Gasteiger partial charge in [0.15, 0.2) is 0 Å². The molecule has 1 aliphatic rings. The number of halogens is 3. The molecule has 0 fully saturated rings. The Morgan fingerprint density at radius 2 is 0.667 bits per heavy atom. The number of hydrogen-bond donors (Lipinski definition) is 0. The summed E-state index contributed by atoms with van der Waals surface area (Å²) in [7, 11) is -2.83. The summed E-state index contributed by atoms with van der Waals surface area (Å²) >= 11 is 2.59. The molecule has 0 saturated carbocycles. The van der Waals surface area contributed by atoms with Crippen molar-refractivity contribution in [2.75, 3.05) is 0 Å². The van der Waals surface area contributed by atoms with E-state index in [1.807, 2.05) is 0 Å². The summed E-state index contributed by atoms with van der Waals surface area (Å²) in [6.07, 6.45) is 5.13. The van der Waals surface area contributed by atoms with Gasteiger partial charge in [0.1, 0.15) is 0 Å². The first kappa shape index (κ1) is 45.0. The molecule has 4 rings (SSSR count). The molecule has 1 aliphatic carbocycles. The minimum Gasteiger partial charge on any atom is -1.00 e. The molecule has 0 amide bonds. The van der Waals surface area contributed by atoms with Gasteiger partial charge >= 0.3 is 291 Å². The van der Waals surface area contributed by atoms with Gasteiger partial charge in [0.25, 0.3) is 0 Å². The fourth-order valence-electron chi connectivity index (χ4n) is 7.22. The van der Waals surface area contributed by atoms with E-state index < -0.39 is 8.07 Å². The molecule has 3 aromatic rings. The van der Waals surface area contributed by atoms with Gasteiger partial charge in [-0.2, -0.15) is 0 Å². The van der Waals surface area contributed by atoms with E-state index in [4.69, 9.17) is 0 Å². The predicted octanol–water partition coefficient (Wildman–Crippen LogP) is 2.06. The minimum absolute atomic E-state index is 0. The van der Waals surface area contributed by atoms with Crippen molar-refractivity contribution in [3.05, 3.63) is 111 Å². The van der Waals surface area contributed by atoms with Gasteiger partial charge in [-0.15, -0.1) is 0 Å². The third-order valence-corrected chi connectivity index (χ3v) is 18.1. The average Bonchev–Trinajstić information content (AvgIpc) is 3.23. The maximum absolute atomic E-state index is 2.83. The van der Waals surface area contributed by atoms with Crippen molar-refractivity contribution in [2.45, 2.75) is 136 Å². The molecule has 0 nitrogen and oxygen atoms in total. The van der Waals surface area contributed by atoms with E-state index in [0.29, 0.717) is 35.5 Å². The van der Waals surface area contributed by atoms with Crippen LogP contribution in [-0.2, 0) is 20.4 Å². The van der Waals surface area contributed by atoms with Crippen LogP contribution in [-0.4, -0.2) is 8.07 Å². The second-order valence-electron chi connectivity index (χ2n) is 15.9. The van der Waals surface area contributed by atoms with Crippen LogP contribution in [0.4, 0.5) is 0 Å². The quantitative estimate of drug-likeness (QED) is 0.220. The first-order valence-corrected chi connectivity index (χ1v) is 20.3. The normalized spacial score (nSPS) is 16.4. The number of hydrogen-bond acceptors (Lipinski definition) is 0. The molecule has 48 heavy (non-hydrogen) atoms. The third-order valence-electron chi connectivity index (χ3n) is 10.3. The largest absolute Gasteiger partial charge is 1.00 e. The van der Waals surface area contributed by atoms with Gasteiger partial charge in [0.2, 0.25) is 0 Å². The molecule has 0 bridgehead atoms. The Kier molecular flexibility index (Phi) is 16.3. The number of benzene rings is 3. The van der Waals surface area contributed by atoms with E-state index in [0.717, 1.165) is 0 Å². The van der Waals surface area contributed by atoms with Crippen molar-refractivity contribution in [1.29, 1.82) is 0 Å². The Balaban J connectivity index is 0.00000384. The van der Waals surface area contributed by atoms with E-state index in [2.05, 4.69) is 184 Å². The molecule has 1 atom stereocenters. The maximum Gasteiger partial charge on any atom is -1.00 e. The number of rotatable bonds is 10. The van der Waals surface area contributed by atoms with Crippen LogP contribution < -0.4 is 52.8 Å². The summed E-state index contributed by atoms with van der Waals surface area (Å²) in [5.41, 5.74) is 11.7. The molecule has 0 saturated heterocycles. The van der Waals surface area contributed by atoms with E-state index in [1.54, 1.807) is 15.6 Å². The molecule has 0 spiro atoms. The maximum atomic E-state index is 2.65. The molecule has 1 unspecified atom stereocenters. The van der Waals surface area contributed by atoms with Crippen LogP contribution in [0.2, 0.25) is 3.34 Å². The summed E-state index contributed by atoms with van der Waals surface area (Å²) in [6.45, 7) is 33.1. The van der Waals surface area contributed by atoms with Gasteiger partial charge in [-0.05, 0) is 0 Å². The predicted molar refractivity (Wildman–Crippen MR) is 199 cm³/mol. The molecule has 3 aromatic carbocycles. The van der Waals surface area contributed by atoms with Crippen molar-refractivity contribution in [2.24, 2.45) is 0 Å². The number of allylic oxidation sites excluding steroid dienone is 4. The van der Waals surface area contributed by atoms with Crippen molar-refractivity contribution in [3.63, 3.8) is 0 Å². The molecule has 0 aliphatic heterocycles. The second-order valence-corrected chi connectivity index (χ2v) is 21.9. The Hall–Kier alpha value is -1.06. The second kappa shape index (κ2) is 17.4. The summed E-state index contributed by atoms with van der Waals surface area (Å²) < 4.78 is -0.130.